The fraction of sp³-hybridized carbons (Fsp3) is 1.00. The van der Waals surface area contributed by atoms with Crippen LogP contribution in [0.2, 0.25) is 0 Å². The molecule has 2 aliphatic heterocycles. The summed E-state index contributed by atoms with van der Waals surface area (Å²) >= 11 is 0. The van der Waals surface area contributed by atoms with E-state index in [1.807, 2.05) is 0 Å². The molecule has 76 valence electrons. The molecule has 0 unspecified atom stereocenters. The lowest BCUT2D eigenvalue weighted by Gasteiger charge is -2.45. The van der Waals surface area contributed by atoms with Crippen molar-refractivity contribution in [3.8, 4) is 0 Å². The van der Waals surface area contributed by atoms with Crippen LogP contribution in [-0.2, 0) is 4.74 Å². The molecule has 1 N–H and O–H groups in total. The van der Waals surface area contributed by atoms with Gasteiger partial charge in [-0.1, -0.05) is 0 Å². The summed E-state index contributed by atoms with van der Waals surface area (Å²) in [5.74, 6) is 0. The van der Waals surface area contributed by atoms with Crippen molar-refractivity contribution < 1.29 is 4.74 Å². The van der Waals surface area contributed by atoms with Crippen molar-refractivity contribution in [2.45, 2.75) is 38.5 Å². The molecule has 2 rings (SSSR count). The van der Waals surface area contributed by atoms with Crippen molar-refractivity contribution >= 4 is 0 Å². The lowest BCUT2D eigenvalue weighted by atomic mass is 10.00. The highest BCUT2D eigenvalue weighted by molar-refractivity contribution is 4.96. The summed E-state index contributed by atoms with van der Waals surface area (Å²) in [5, 5.41) is 3.40. The van der Waals surface area contributed by atoms with E-state index in [1.165, 1.54) is 0 Å². The lowest BCUT2D eigenvalue weighted by molar-refractivity contribution is -0.0792. The normalized spacial score (nSPS) is 36.2. The second kappa shape index (κ2) is 3.23. The molecule has 0 aromatic heterocycles. The molecule has 0 aliphatic carbocycles. The van der Waals surface area contributed by atoms with Gasteiger partial charge in [-0.05, 0) is 20.8 Å². The summed E-state index contributed by atoms with van der Waals surface area (Å²) in [7, 11) is 0. The van der Waals surface area contributed by atoms with E-state index < -0.39 is 0 Å². The first kappa shape index (κ1) is 9.44. The third-order valence-corrected chi connectivity index (χ3v) is 3.05. The van der Waals surface area contributed by atoms with Crippen LogP contribution >= 0.6 is 0 Å². The van der Waals surface area contributed by atoms with Crippen LogP contribution in [0, 0.1) is 0 Å². The predicted molar refractivity (Wildman–Crippen MR) is 52.9 cm³/mol. The smallest absolute Gasteiger partial charge is 0.0867 e. The molecule has 2 aliphatic rings. The van der Waals surface area contributed by atoms with Gasteiger partial charge in [-0.25, -0.2) is 0 Å². The van der Waals surface area contributed by atoms with Crippen molar-refractivity contribution in [1.29, 1.82) is 0 Å². The maximum absolute atomic E-state index is 5.72. The van der Waals surface area contributed by atoms with Crippen LogP contribution in [0.4, 0.5) is 0 Å². The molecule has 3 nitrogen and oxygen atoms in total. The van der Waals surface area contributed by atoms with Crippen molar-refractivity contribution in [3.05, 3.63) is 0 Å². The van der Waals surface area contributed by atoms with Crippen molar-refractivity contribution in [2.75, 3.05) is 26.2 Å². The molecule has 0 bridgehead atoms. The lowest BCUT2D eigenvalue weighted by Crippen LogP contribution is -2.57. The van der Waals surface area contributed by atoms with Crippen LogP contribution in [0.5, 0.6) is 0 Å². The van der Waals surface area contributed by atoms with Crippen molar-refractivity contribution in [1.82, 2.24) is 10.2 Å². The summed E-state index contributed by atoms with van der Waals surface area (Å²) in [6.07, 6.45) is 0.424. The Kier molecular flexibility index (Phi) is 2.34. The fourth-order valence-corrected chi connectivity index (χ4v) is 2.42. The number of ether oxygens (including phenoxy) is 1. The summed E-state index contributed by atoms with van der Waals surface area (Å²) in [5.41, 5.74) is 0.277. The molecule has 13 heavy (non-hydrogen) atoms. The summed E-state index contributed by atoms with van der Waals surface area (Å²) in [6.45, 7) is 10.9. The van der Waals surface area contributed by atoms with Crippen molar-refractivity contribution in [3.63, 3.8) is 0 Å². The molecule has 0 spiro atoms. The molecule has 0 radical (unpaired) electrons. The van der Waals surface area contributed by atoms with Gasteiger partial charge in [0.15, 0.2) is 0 Å². The van der Waals surface area contributed by atoms with Gasteiger partial charge >= 0.3 is 0 Å². The maximum atomic E-state index is 5.72. The highest BCUT2D eigenvalue weighted by Gasteiger charge is 2.40. The van der Waals surface area contributed by atoms with Crippen LogP contribution in [0.1, 0.15) is 20.8 Å². The number of hydrogen-bond acceptors (Lipinski definition) is 3. The maximum Gasteiger partial charge on any atom is 0.0867 e. The highest BCUT2D eigenvalue weighted by atomic mass is 16.5. The topological polar surface area (TPSA) is 24.5 Å². The minimum absolute atomic E-state index is 0.277. The third-order valence-electron chi connectivity index (χ3n) is 3.05. The minimum atomic E-state index is 0.277. The van der Waals surface area contributed by atoms with E-state index in [2.05, 4.69) is 31.0 Å². The SMILES string of the molecule is CC(C)(C)N1CCO[C@@H]2CNC[C@H]21. The van der Waals surface area contributed by atoms with E-state index >= 15 is 0 Å². The summed E-state index contributed by atoms with van der Waals surface area (Å²) in [6, 6.07) is 0.591. The van der Waals surface area contributed by atoms with Gasteiger partial charge < -0.3 is 10.1 Å². The monoisotopic (exact) mass is 184 g/mol. The molecule has 0 amide bonds. The molecular formula is C10H20N2O. The second-order valence-corrected chi connectivity index (χ2v) is 5.00. The van der Waals surface area contributed by atoms with Gasteiger partial charge in [0, 0.05) is 25.2 Å². The first-order valence-corrected chi connectivity index (χ1v) is 5.18. The third kappa shape index (κ3) is 1.73. The van der Waals surface area contributed by atoms with Crippen LogP contribution in [0.3, 0.4) is 0 Å². The molecular weight excluding hydrogens is 164 g/mol. The molecule has 3 heteroatoms. The van der Waals surface area contributed by atoms with Gasteiger partial charge in [0.1, 0.15) is 0 Å². The van der Waals surface area contributed by atoms with Gasteiger partial charge in [0.05, 0.1) is 18.8 Å². The fourth-order valence-electron chi connectivity index (χ4n) is 2.42. The standard InChI is InChI=1S/C10H20N2O/c1-10(2,3)12-4-5-13-9-7-11-6-8(9)12/h8-9,11H,4-7H2,1-3H3/t8-,9-/m1/s1. The first-order valence-electron chi connectivity index (χ1n) is 5.18. The van der Waals surface area contributed by atoms with Crippen LogP contribution in [-0.4, -0.2) is 48.8 Å². The minimum Gasteiger partial charge on any atom is -0.374 e. The Morgan fingerprint density at radius 2 is 2.08 bits per heavy atom. The van der Waals surface area contributed by atoms with E-state index in [0.717, 1.165) is 26.2 Å². The van der Waals surface area contributed by atoms with Gasteiger partial charge in [-0.15, -0.1) is 0 Å². The Hall–Kier alpha value is -0.120. The molecule has 2 atom stereocenters. The summed E-state index contributed by atoms with van der Waals surface area (Å²) in [4.78, 5) is 2.57. The Morgan fingerprint density at radius 3 is 2.77 bits per heavy atom. The van der Waals surface area contributed by atoms with E-state index in [1.54, 1.807) is 0 Å². The number of nitrogens with zero attached hydrogens (tertiary/aromatic N) is 1. The van der Waals surface area contributed by atoms with Gasteiger partial charge in [-0.2, -0.15) is 0 Å². The Labute approximate surface area is 80.4 Å². The van der Waals surface area contributed by atoms with Gasteiger partial charge in [-0.3, -0.25) is 4.90 Å². The number of rotatable bonds is 0. The van der Waals surface area contributed by atoms with Crippen LogP contribution in [0.15, 0.2) is 0 Å². The number of hydrogen-bond donors (Lipinski definition) is 1. The molecule has 0 aromatic rings. The van der Waals surface area contributed by atoms with E-state index in [9.17, 15) is 0 Å². The Bertz CT molecular complexity index is 188. The highest BCUT2D eigenvalue weighted by Crippen LogP contribution is 2.25. The van der Waals surface area contributed by atoms with E-state index in [4.69, 9.17) is 4.74 Å². The first-order chi connectivity index (χ1) is 6.09. The Morgan fingerprint density at radius 1 is 1.31 bits per heavy atom. The average molecular weight is 184 g/mol. The predicted octanol–water partition coefficient (Wildman–Crippen LogP) is 0.457. The average Bonchev–Trinajstić information content (AvgIpc) is 2.48. The van der Waals surface area contributed by atoms with Crippen LogP contribution in [0.25, 0.3) is 0 Å². The summed E-state index contributed by atoms with van der Waals surface area (Å²) < 4.78 is 5.72. The van der Waals surface area contributed by atoms with E-state index in [-0.39, 0.29) is 5.54 Å². The molecule has 0 aromatic carbocycles. The molecule has 2 heterocycles. The largest absolute Gasteiger partial charge is 0.374 e. The van der Waals surface area contributed by atoms with Crippen molar-refractivity contribution in [2.24, 2.45) is 0 Å². The zero-order valence-corrected chi connectivity index (χ0v) is 8.84. The molecule has 0 saturated carbocycles. The zero-order valence-electron chi connectivity index (χ0n) is 8.84. The quantitative estimate of drug-likeness (QED) is 0.592. The number of nitrogens with one attached hydrogen (secondary N) is 1. The van der Waals surface area contributed by atoms with Gasteiger partial charge in [0.2, 0.25) is 0 Å². The van der Waals surface area contributed by atoms with Gasteiger partial charge in [0.25, 0.3) is 0 Å². The van der Waals surface area contributed by atoms with Crippen LogP contribution < -0.4 is 5.32 Å². The molecule has 2 fully saturated rings. The number of fused-ring (bicyclic) bond motifs is 1. The zero-order chi connectivity index (χ0) is 9.47. The van der Waals surface area contributed by atoms with E-state index in [0.29, 0.717) is 12.1 Å². The second-order valence-electron chi connectivity index (χ2n) is 5.00. The number of morpholine rings is 1. The Balaban J connectivity index is 2.10. The molecule has 2 saturated heterocycles.